The van der Waals surface area contributed by atoms with Gasteiger partial charge in [0.15, 0.2) is 6.10 Å². The molecule has 5 nitrogen and oxygen atoms in total. The summed E-state index contributed by atoms with van der Waals surface area (Å²) in [7, 11) is 0. The van der Waals surface area contributed by atoms with Crippen molar-refractivity contribution >= 4 is 11.9 Å². The van der Waals surface area contributed by atoms with E-state index in [0.717, 1.165) is 70.6 Å². The normalized spacial score (nSPS) is 12.5. The second-order valence-electron chi connectivity index (χ2n) is 26.8. The van der Waals surface area contributed by atoms with Gasteiger partial charge in [0.05, 0.1) is 6.61 Å². The van der Waals surface area contributed by atoms with Gasteiger partial charge in [0.2, 0.25) is 0 Å². The molecule has 0 spiro atoms. The van der Waals surface area contributed by atoms with E-state index in [4.69, 9.17) is 9.47 Å². The van der Waals surface area contributed by atoms with Gasteiger partial charge in [-0.2, -0.15) is 0 Å². The molecular weight excluding hydrogens is 1080 g/mol. The summed E-state index contributed by atoms with van der Waals surface area (Å²) >= 11 is 0. The van der Waals surface area contributed by atoms with Crippen molar-refractivity contribution in [3.8, 4) is 0 Å². The Labute approximate surface area is 550 Å². The number of hydrogen-bond acceptors (Lipinski definition) is 5. The molecule has 0 saturated heterocycles. The van der Waals surface area contributed by atoms with E-state index in [1.807, 2.05) is 0 Å². The Hall–Kier alpha value is -2.66. The van der Waals surface area contributed by atoms with Gasteiger partial charge in [-0.3, -0.25) is 9.59 Å². The maximum atomic E-state index is 12.4. The molecule has 0 aliphatic heterocycles. The molecule has 0 heterocycles. The van der Waals surface area contributed by atoms with E-state index in [2.05, 4.69) is 86.8 Å². The molecule has 0 radical (unpaired) electrons. The van der Waals surface area contributed by atoms with Crippen LogP contribution in [0.15, 0.2) is 72.9 Å². The summed E-state index contributed by atoms with van der Waals surface area (Å²) in [5.41, 5.74) is 0. The molecular formula is C83H152O5. The van der Waals surface area contributed by atoms with Crippen molar-refractivity contribution in [3.05, 3.63) is 72.9 Å². The van der Waals surface area contributed by atoms with E-state index in [0.29, 0.717) is 12.8 Å². The van der Waals surface area contributed by atoms with Crippen LogP contribution in [0.5, 0.6) is 0 Å². The number of carbonyl (C=O) groups is 2. The van der Waals surface area contributed by atoms with Crippen molar-refractivity contribution in [1.29, 1.82) is 0 Å². The molecule has 1 N–H and O–H groups in total. The van der Waals surface area contributed by atoms with Gasteiger partial charge in [0.25, 0.3) is 0 Å². The van der Waals surface area contributed by atoms with Gasteiger partial charge in [-0.15, -0.1) is 0 Å². The number of ether oxygens (including phenoxy) is 2. The van der Waals surface area contributed by atoms with Crippen LogP contribution in [0, 0.1) is 0 Å². The molecule has 0 aromatic rings. The van der Waals surface area contributed by atoms with Crippen LogP contribution in [-0.4, -0.2) is 36.4 Å². The van der Waals surface area contributed by atoms with E-state index in [1.165, 1.54) is 327 Å². The summed E-state index contributed by atoms with van der Waals surface area (Å²) in [5.74, 6) is -0.565. The fraction of sp³-hybridized carbons (Fsp3) is 0.831. The van der Waals surface area contributed by atoms with Crippen LogP contribution in [0.3, 0.4) is 0 Å². The topological polar surface area (TPSA) is 72.8 Å². The van der Waals surface area contributed by atoms with Gasteiger partial charge in [0, 0.05) is 12.8 Å². The second kappa shape index (κ2) is 78.6. The summed E-state index contributed by atoms with van der Waals surface area (Å²) in [6.07, 6.45) is 110. The zero-order valence-electron chi connectivity index (χ0n) is 59.3. The smallest absolute Gasteiger partial charge is 0.306 e. The summed E-state index contributed by atoms with van der Waals surface area (Å²) in [4.78, 5) is 24.7. The van der Waals surface area contributed by atoms with E-state index in [-0.39, 0.29) is 25.2 Å². The zero-order chi connectivity index (χ0) is 63.3. The minimum Gasteiger partial charge on any atom is -0.462 e. The van der Waals surface area contributed by atoms with Gasteiger partial charge in [-0.1, -0.05) is 401 Å². The maximum absolute atomic E-state index is 12.4. The highest BCUT2D eigenvalue weighted by Gasteiger charge is 2.16. The third kappa shape index (κ3) is 75.8. The molecule has 1 unspecified atom stereocenters. The monoisotopic (exact) mass is 1230 g/mol. The first-order valence-corrected chi connectivity index (χ1v) is 39.5. The molecule has 0 amide bonds. The molecule has 0 aromatic heterocycles. The van der Waals surface area contributed by atoms with Gasteiger partial charge in [0.1, 0.15) is 6.61 Å². The molecule has 0 bridgehead atoms. The van der Waals surface area contributed by atoms with Crippen molar-refractivity contribution in [2.24, 2.45) is 0 Å². The SMILES string of the molecule is CC/C=C\C/C=C\C/C=C\C/C=C\CCCCCCCCCCCCCCCCCCCCCCCCCCCCC(=O)OC(CO)COC(=O)CCCCCCCCCCCCCCCCCCCCCCCCC/C=C\C/C=C\CCCCCCC. The highest BCUT2D eigenvalue weighted by atomic mass is 16.6. The number of esters is 2. The van der Waals surface area contributed by atoms with Crippen LogP contribution in [0.4, 0.5) is 0 Å². The van der Waals surface area contributed by atoms with Gasteiger partial charge in [-0.25, -0.2) is 0 Å². The second-order valence-corrected chi connectivity index (χ2v) is 26.8. The Bertz CT molecular complexity index is 1540. The van der Waals surface area contributed by atoms with Crippen LogP contribution in [0.1, 0.15) is 425 Å². The zero-order valence-corrected chi connectivity index (χ0v) is 59.3. The molecule has 88 heavy (non-hydrogen) atoms. The van der Waals surface area contributed by atoms with Crippen molar-refractivity contribution in [2.75, 3.05) is 13.2 Å². The molecule has 0 aliphatic carbocycles. The standard InChI is InChI=1S/C83H152O5/c1-3-5-7-9-11-13-15-17-19-21-23-25-27-29-31-33-35-37-39-40-41-42-44-46-48-50-52-54-56-58-60-62-64-66-68-70-72-74-76-78-83(86)88-81(79-84)80-87-82(85)77-75-73-71-69-67-65-63-61-59-57-55-53-51-49-47-45-43-38-36-34-32-30-28-26-24-22-20-18-16-14-12-10-8-6-4-2/h5,7,11,13,16-19,22-25,81,84H,3-4,6,8-10,12,14-15,20-21,26-80H2,1-2H3/b7-5-,13-11-,18-16-,19-17-,24-22-,25-23-. The minimum atomic E-state index is -0.772. The molecule has 0 saturated carbocycles. The number of hydrogen-bond donors (Lipinski definition) is 1. The lowest BCUT2D eigenvalue weighted by Gasteiger charge is -2.15. The van der Waals surface area contributed by atoms with E-state index in [1.54, 1.807) is 0 Å². The van der Waals surface area contributed by atoms with Gasteiger partial charge in [-0.05, 0) is 83.5 Å². The number of aliphatic hydroxyl groups excluding tert-OH is 1. The summed E-state index contributed by atoms with van der Waals surface area (Å²) in [6, 6.07) is 0. The van der Waals surface area contributed by atoms with Crippen LogP contribution in [0.25, 0.3) is 0 Å². The van der Waals surface area contributed by atoms with Crippen LogP contribution in [-0.2, 0) is 19.1 Å². The fourth-order valence-electron chi connectivity index (χ4n) is 12.1. The lowest BCUT2D eigenvalue weighted by Crippen LogP contribution is -2.28. The molecule has 514 valence electrons. The number of aliphatic hydroxyl groups is 1. The first-order chi connectivity index (χ1) is 43.6. The van der Waals surface area contributed by atoms with Crippen LogP contribution in [0.2, 0.25) is 0 Å². The van der Waals surface area contributed by atoms with Gasteiger partial charge >= 0.3 is 11.9 Å². The minimum absolute atomic E-state index is 0.0600. The average molecular weight is 1230 g/mol. The summed E-state index contributed by atoms with van der Waals surface area (Å²) < 4.78 is 10.8. The quantitative estimate of drug-likeness (QED) is 0.0373. The predicted molar refractivity (Wildman–Crippen MR) is 390 cm³/mol. The molecule has 0 aromatic carbocycles. The van der Waals surface area contributed by atoms with E-state index in [9.17, 15) is 14.7 Å². The fourth-order valence-corrected chi connectivity index (χ4v) is 12.1. The number of rotatable bonds is 74. The first kappa shape index (κ1) is 85.3. The van der Waals surface area contributed by atoms with E-state index >= 15 is 0 Å². The molecule has 0 rings (SSSR count). The highest BCUT2D eigenvalue weighted by molar-refractivity contribution is 5.70. The first-order valence-electron chi connectivity index (χ1n) is 39.5. The lowest BCUT2D eigenvalue weighted by molar-refractivity contribution is -0.161. The summed E-state index contributed by atoms with van der Waals surface area (Å²) in [5, 5.41) is 9.73. The Balaban J connectivity index is 3.37. The largest absolute Gasteiger partial charge is 0.462 e. The Morgan fingerprint density at radius 3 is 0.739 bits per heavy atom. The average Bonchev–Trinajstić information content (AvgIpc) is 3.54. The molecule has 1 atom stereocenters. The maximum Gasteiger partial charge on any atom is 0.306 e. The highest BCUT2D eigenvalue weighted by Crippen LogP contribution is 2.20. The van der Waals surface area contributed by atoms with E-state index < -0.39 is 6.10 Å². The molecule has 0 fully saturated rings. The third-order valence-corrected chi connectivity index (χ3v) is 18.0. The molecule has 0 aliphatic rings. The van der Waals surface area contributed by atoms with Crippen LogP contribution < -0.4 is 0 Å². The van der Waals surface area contributed by atoms with Gasteiger partial charge < -0.3 is 14.6 Å². The summed E-state index contributed by atoms with van der Waals surface area (Å²) in [6.45, 7) is 4.08. The number of unbranched alkanes of at least 4 members (excludes halogenated alkanes) is 54. The number of carbonyl (C=O) groups excluding carboxylic acids is 2. The predicted octanol–water partition coefficient (Wildman–Crippen LogP) is 27.8. The van der Waals surface area contributed by atoms with Crippen LogP contribution >= 0.6 is 0 Å². The van der Waals surface area contributed by atoms with Crippen molar-refractivity contribution in [3.63, 3.8) is 0 Å². The third-order valence-electron chi connectivity index (χ3n) is 18.0. The Morgan fingerprint density at radius 1 is 0.273 bits per heavy atom. The van der Waals surface area contributed by atoms with Crippen molar-refractivity contribution < 1.29 is 24.2 Å². The Kier molecular flexibility index (Phi) is 76.2. The molecule has 5 heteroatoms. The Morgan fingerprint density at radius 2 is 0.489 bits per heavy atom. The lowest BCUT2D eigenvalue weighted by atomic mass is 10.0. The number of allylic oxidation sites excluding steroid dienone is 12. The van der Waals surface area contributed by atoms with Crippen molar-refractivity contribution in [2.45, 2.75) is 431 Å². The van der Waals surface area contributed by atoms with Crippen molar-refractivity contribution in [1.82, 2.24) is 0 Å².